The molecule has 0 aliphatic rings. The molecule has 2 heterocycles. The molecule has 9 aromatic carbocycles. The lowest BCUT2D eigenvalue weighted by molar-refractivity contribution is 0.670. The first-order chi connectivity index (χ1) is 28.3. The molecule has 0 radical (unpaired) electrons. The molecule has 57 heavy (non-hydrogen) atoms. The third-order valence-electron chi connectivity index (χ3n) is 11.2. The maximum Gasteiger partial charge on any atom is 0.143 e. The number of benzene rings is 9. The summed E-state index contributed by atoms with van der Waals surface area (Å²) in [6, 6.07) is 78.1. The van der Waals surface area contributed by atoms with Crippen LogP contribution < -0.4 is 4.90 Å². The monoisotopic (exact) mass is 728 g/mol. The molecule has 0 saturated heterocycles. The number of nitrogens with zero attached hydrogens (tertiary/aromatic N) is 2. The molecule has 0 fully saturated rings. The van der Waals surface area contributed by atoms with Crippen LogP contribution >= 0.6 is 0 Å². The van der Waals surface area contributed by atoms with Crippen molar-refractivity contribution in [3.63, 3.8) is 0 Å². The standard InChI is InChI=1S/C54H36N2O/c1-3-16-37(17-4-1)42-20-7-8-21-43(42)38-30-32-40(33-31-38)55(41-34-35-46-44-22-9-13-28-51(44)56(52(46)36-41)39-18-5-2-6-19-39)50-27-12-10-23-45(50)48-25-15-26-49-47-24-11-14-29-53(47)57-54(48)49/h1-36H. The molecule has 0 unspecified atom stereocenters. The number of hydrogen-bond donors (Lipinski definition) is 0. The van der Waals surface area contributed by atoms with E-state index in [0.29, 0.717) is 0 Å². The predicted octanol–water partition coefficient (Wildman–Crippen LogP) is 15.2. The van der Waals surface area contributed by atoms with Crippen LogP contribution in [-0.4, -0.2) is 4.57 Å². The fraction of sp³-hybridized carbons (Fsp3) is 0. The second-order valence-corrected chi connectivity index (χ2v) is 14.5. The molecule has 0 saturated carbocycles. The summed E-state index contributed by atoms with van der Waals surface area (Å²) in [6.45, 7) is 0. The summed E-state index contributed by atoms with van der Waals surface area (Å²) in [7, 11) is 0. The van der Waals surface area contributed by atoms with E-state index in [1.807, 2.05) is 6.07 Å². The second kappa shape index (κ2) is 13.6. The van der Waals surface area contributed by atoms with Crippen molar-refractivity contribution < 1.29 is 4.42 Å². The second-order valence-electron chi connectivity index (χ2n) is 14.5. The molecule has 0 N–H and O–H groups in total. The zero-order chi connectivity index (χ0) is 37.7. The molecule has 2 aromatic heterocycles. The van der Waals surface area contributed by atoms with E-state index in [1.165, 1.54) is 33.0 Å². The number of aromatic nitrogens is 1. The lowest BCUT2D eigenvalue weighted by Gasteiger charge is -2.28. The maximum absolute atomic E-state index is 6.63. The van der Waals surface area contributed by atoms with Crippen LogP contribution in [-0.2, 0) is 0 Å². The number of fused-ring (bicyclic) bond motifs is 6. The Hall–Kier alpha value is -7.62. The average molecular weight is 729 g/mol. The lowest BCUT2D eigenvalue weighted by atomic mass is 9.94. The fourth-order valence-corrected chi connectivity index (χ4v) is 8.63. The number of rotatable bonds is 7. The first kappa shape index (κ1) is 32.8. The van der Waals surface area contributed by atoms with E-state index in [1.54, 1.807) is 0 Å². The summed E-state index contributed by atoms with van der Waals surface area (Å²) >= 11 is 0. The topological polar surface area (TPSA) is 21.3 Å². The predicted molar refractivity (Wildman–Crippen MR) is 239 cm³/mol. The number of anilines is 3. The molecule has 0 spiro atoms. The molecule has 0 aliphatic carbocycles. The van der Waals surface area contributed by atoms with Gasteiger partial charge in [0.2, 0.25) is 0 Å². The van der Waals surface area contributed by atoms with Crippen LogP contribution in [0.1, 0.15) is 0 Å². The van der Waals surface area contributed by atoms with Gasteiger partial charge in [-0.1, -0.05) is 164 Å². The van der Waals surface area contributed by atoms with Crippen molar-refractivity contribution in [2.24, 2.45) is 0 Å². The Balaban J connectivity index is 1.14. The van der Waals surface area contributed by atoms with E-state index in [9.17, 15) is 0 Å². The Morgan fingerprint density at radius 1 is 0.351 bits per heavy atom. The van der Waals surface area contributed by atoms with E-state index < -0.39 is 0 Å². The molecule has 3 heteroatoms. The molecule has 268 valence electrons. The van der Waals surface area contributed by atoms with Crippen molar-refractivity contribution in [1.82, 2.24) is 4.57 Å². The zero-order valence-electron chi connectivity index (χ0n) is 31.1. The third kappa shape index (κ3) is 5.51. The van der Waals surface area contributed by atoms with Gasteiger partial charge in [0.15, 0.2) is 0 Å². The zero-order valence-corrected chi connectivity index (χ0v) is 31.1. The van der Waals surface area contributed by atoms with Crippen LogP contribution in [0.25, 0.3) is 82.8 Å². The van der Waals surface area contributed by atoms with Gasteiger partial charge in [0.1, 0.15) is 11.2 Å². The summed E-state index contributed by atoms with van der Waals surface area (Å²) in [5, 5.41) is 4.67. The Bertz CT molecular complexity index is 3230. The SMILES string of the molecule is c1ccc(-c2ccccc2-c2ccc(N(c3ccc4c5ccccc5n(-c5ccccc5)c4c3)c3ccccc3-c3cccc4c3oc3ccccc34)cc2)cc1. The first-order valence-corrected chi connectivity index (χ1v) is 19.4. The van der Waals surface area contributed by atoms with Crippen LogP contribution in [0, 0.1) is 0 Å². The van der Waals surface area contributed by atoms with Gasteiger partial charge in [0.05, 0.1) is 16.7 Å². The van der Waals surface area contributed by atoms with Crippen LogP contribution in [0.3, 0.4) is 0 Å². The van der Waals surface area contributed by atoms with Gasteiger partial charge in [-0.15, -0.1) is 0 Å². The maximum atomic E-state index is 6.63. The van der Waals surface area contributed by atoms with E-state index >= 15 is 0 Å². The van der Waals surface area contributed by atoms with Gasteiger partial charge < -0.3 is 13.9 Å². The molecule has 0 aliphatic heterocycles. The summed E-state index contributed by atoms with van der Waals surface area (Å²) in [5.41, 5.74) is 15.3. The van der Waals surface area contributed by atoms with E-state index in [4.69, 9.17) is 4.42 Å². The number of furan rings is 1. The summed E-state index contributed by atoms with van der Waals surface area (Å²) in [5.74, 6) is 0. The van der Waals surface area contributed by atoms with Crippen molar-refractivity contribution in [3.8, 4) is 39.1 Å². The van der Waals surface area contributed by atoms with Gasteiger partial charge in [-0.05, 0) is 76.9 Å². The average Bonchev–Trinajstić information content (AvgIpc) is 3.83. The largest absolute Gasteiger partial charge is 0.455 e. The quantitative estimate of drug-likeness (QED) is 0.163. The smallest absolute Gasteiger partial charge is 0.143 e. The van der Waals surface area contributed by atoms with E-state index in [2.05, 4.69) is 222 Å². The van der Waals surface area contributed by atoms with Gasteiger partial charge in [-0.3, -0.25) is 0 Å². The van der Waals surface area contributed by atoms with E-state index in [-0.39, 0.29) is 0 Å². The van der Waals surface area contributed by atoms with Crippen molar-refractivity contribution in [1.29, 1.82) is 0 Å². The number of hydrogen-bond acceptors (Lipinski definition) is 2. The van der Waals surface area contributed by atoms with Gasteiger partial charge >= 0.3 is 0 Å². The minimum absolute atomic E-state index is 0.888. The number of para-hydroxylation sites is 5. The molecule has 3 nitrogen and oxygen atoms in total. The van der Waals surface area contributed by atoms with Gasteiger partial charge in [0, 0.05) is 49.7 Å². The lowest BCUT2D eigenvalue weighted by Crippen LogP contribution is -2.11. The fourth-order valence-electron chi connectivity index (χ4n) is 8.63. The van der Waals surface area contributed by atoms with Gasteiger partial charge in [-0.25, -0.2) is 0 Å². The minimum Gasteiger partial charge on any atom is -0.455 e. The minimum atomic E-state index is 0.888. The van der Waals surface area contributed by atoms with E-state index in [0.717, 1.165) is 66.9 Å². The Morgan fingerprint density at radius 3 is 1.70 bits per heavy atom. The highest BCUT2D eigenvalue weighted by Gasteiger charge is 2.22. The van der Waals surface area contributed by atoms with Crippen molar-refractivity contribution in [2.75, 3.05) is 4.90 Å². The van der Waals surface area contributed by atoms with Crippen LogP contribution in [0.4, 0.5) is 17.1 Å². The normalized spacial score (nSPS) is 11.5. The third-order valence-corrected chi connectivity index (χ3v) is 11.2. The molecular formula is C54H36N2O. The Morgan fingerprint density at radius 2 is 0.912 bits per heavy atom. The molecule has 0 amide bonds. The molecule has 11 rings (SSSR count). The highest BCUT2D eigenvalue weighted by atomic mass is 16.3. The van der Waals surface area contributed by atoms with Crippen molar-refractivity contribution in [3.05, 3.63) is 218 Å². The molecule has 0 atom stereocenters. The van der Waals surface area contributed by atoms with Gasteiger partial charge in [-0.2, -0.15) is 0 Å². The van der Waals surface area contributed by atoms with Gasteiger partial charge in [0.25, 0.3) is 0 Å². The summed E-state index contributed by atoms with van der Waals surface area (Å²) in [6.07, 6.45) is 0. The summed E-state index contributed by atoms with van der Waals surface area (Å²) < 4.78 is 9.02. The Kier molecular flexibility index (Phi) is 7.82. The van der Waals surface area contributed by atoms with Crippen molar-refractivity contribution in [2.45, 2.75) is 0 Å². The van der Waals surface area contributed by atoms with Crippen LogP contribution in [0.2, 0.25) is 0 Å². The Labute approximate surface area is 330 Å². The van der Waals surface area contributed by atoms with Crippen molar-refractivity contribution >= 4 is 60.8 Å². The summed E-state index contributed by atoms with van der Waals surface area (Å²) in [4.78, 5) is 2.40. The highest BCUT2D eigenvalue weighted by molar-refractivity contribution is 6.12. The molecular weight excluding hydrogens is 693 g/mol. The first-order valence-electron chi connectivity index (χ1n) is 19.4. The molecule has 0 bridgehead atoms. The van der Waals surface area contributed by atoms with Crippen LogP contribution in [0.15, 0.2) is 223 Å². The molecule has 11 aromatic rings. The highest BCUT2D eigenvalue weighted by Crippen LogP contribution is 2.46. The van der Waals surface area contributed by atoms with Crippen LogP contribution in [0.5, 0.6) is 0 Å².